The molecule has 0 radical (unpaired) electrons. The highest BCUT2D eigenvalue weighted by Crippen LogP contribution is 2.29. The molecule has 2 heterocycles. The van der Waals surface area contributed by atoms with E-state index in [9.17, 15) is 18.0 Å². The van der Waals surface area contributed by atoms with Gasteiger partial charge in [0.2, 0.25) is 5.88 Å². The Hall–Kier alpha value is -2.68. The second-order valence-corrected chi connectivity index (χ2v) is 6.06. The second-order valence-electron chi connectivity index (χ2n) is 6.06. The van der Waals surface area contributed by atoms with E-state index < -0.39 is 17.7 Å². The lowest BCUT2D eigenvalue weighted by molar-refractivity contribution is -0.147. The Bertz CT molecular complexity index is 775. The van der Waals surface area contributed by atoms with Gasteiger partial charge in [0.1, 0.15) is 6.61 Å². The van der Waals surface area contributed by atoms with Crippen molar-refractivity contribution in [2.24, 2.45) is 5.92 Å². The number of benzene rings is 1. The summed E-state index contributed by atoms with van der Waals surface area (Å²) in [4.78, 5) is 21.0. The van der Waals surface area contributed by atoms with Crippen LogP contribution in [0.1, 0.15) is 16.8 Å². The zero-order chi connectivity index (χ0) is 18.7. The van der Waals surface area contributed by atoms with E-state index >= 15 is 0 Å². The highest BCUT2D eigenvalue weighted by molar-refractivity contribution is 5.71. The molecule has 0 bridgehead atoms. The van der Waals surface area contributed by atoms with Crippen molar-refractivity contribution in [3.8, 4) is 5.88 Å². The van der Waals surface area contributed by atoms with Gasteiger partial charge in [-0.3, -0.25) is 14.7 Å². The number of hydrogen-bond acceptors (Lipinski definition) is 5. The zero-order valence-electron chi connectivity index (χ0n) is 13.6. The van der Waals surface area contributed by atoms with Crippen molar-refractivity contribution in [2.45, 2.75) is 19.3 Å². The average Bonchev–Trinajstić information content (AvgIpc) is 2.56. The first-order chi connectivity index (χ1) is 12.3. The van der Waals surface area contributed by atoms with Crippen LogP contribution in [-0.4, -0.2) is 39.0 Å². The number of halogens is 3. The monoisotopic (exact) mass is 367 g/mol. The van der Waals surface area contributed by atoms with Crippen LogP contribution >= 0.6 is 0 Å². The van der Waals surface area contributed by atoms with Gasteiger partial charge in [0.05, 0.1) is 29.6 Å². The largest absolute Gasteiger partial charge is 0.481 e. The Kier molecular flexibility index (Phi) is 5.08. The molecule has 0 saturated carbocycles. The van der Waals surface area contributed by atoms with Gasteiger partial charge in [-0.25, -0.2) is 4.98 Å². The zero-order valence-corrected chi connectivity index (χ0v) is 13.6. The minimum Gasteiger partial charge on any atom is -0.481 e. The molecule has 0 amide bonds. The number of alkyl halides is 3. The van der Waals surface area contributed by atoms with Crippen LogP contribution in [0.15, 0.2) is 36.7 Å². The summed E-state index contributed by atoms with van der Waals surface area (Å²) in [7, 11) is 0. The molecule has 26 heavy (non-hydrogen) atoms. The molecule has 3 rings (SSSR count). The molecule has 138 valence electrons. The smallest absolute Gasteiger partial charge is 0.416 e. The van der Waals surface area contributed by atoms with Crippen LogP contribution < -0.4 is 4.74 Å². The number of hydrogen-bond donors (Lipinski definition) is 1. The lowest BCUT2D eigenvalue weighted by Gasteiger charge is -2.36. The van der Waals surface area contributed by atoms with Crippen LogP contribution in [0.25, 0.3) is 0 Å². The highest BCUT2D eigenvalue weighted by atomic mass is 19.4. The molecular weight excluding hydrogens is 351 g/mol. The number of likely N-dealkylation sites (tertiary alicyclic amines) is 1. The third-order valence-electron chi connectivity index (χ3n) is 4.01. The van der Waals surface area contributed by atoms with Gasteiger partial charge in [0, 0.05) is 19.6 Å². The Balaban J connectivity index is 1.51. The van der Waals surface area contributed by atoms with Crippen LogP contribution in [0, 0.1) is 5.92 Å². The van der Waals surface area contributed by atoms with Gasteiger partial charge < -0.3 is 9.84 Å². The topological polar surface area (TPSA) is 75.5 Å². The lowest BCUT2D eigenvalue weighted by atomic mass is 10.0. The van der Waals surface area contributed by atoms with Gasteiger partial charge in [-0.1, -0.05) is 12.1 Å². The van der Waals surface area contributed by atoms with E-state index in [1.807, 2.05) is 4.90 Å². The molecule has 1 aromatic carbocycles. The summed E-state index contributed by atoms with van der Waals surface area (Å²) >= 11 is 0. The summed E-state index contributed by atoms with van der Waals surface area (Å²) in [6, 6.07) is 4.90. The molecule has 0 aliphatic carbocycles. The molecule has 1 N–H and O–H groups in total. The molecule has 9 heteroatoms. The predicted octanol–water partition coefficient (Wildman–Crippen LogP) is 2.59. The molecule has 6 nitrogen and oxygen atoms in total. The van der Waals surface area contributed by atoms with Crippen LogP contribution in [0.3, 0.4) is 0 Å². The normalized spacial score (nSPS) is 15.5. The Labute approximate surface area is 147 Å². The van der Waals surface area contributed by atoms with Crippen LogP contribution in [0.4, 0.5) is 13.2 Å². The maximum Gasteiger partial charge on any atom is 0.416 e. The SMILES string of the molecule is O=C(O)C1CN(Cc2cnc(OCc3cccc(C(F)(F)F)c3)cn2)C1. The van der Waals surface area contributed by atoms with Crippen molar-refractivity contribution < 1.29 is 27.8 Å². The van der Waals surface area contributed by atoms with Crippen molar-refractivity contribution in [3.05, 3.63) is 53.5 Å². The molecule has 1 aliphatic rings. The van der Waals surface area contributed by atoms with E-state index in [2.05, 4.69) is 9.97 Å². The molecular formula is C17H16F3N3O3. The van der Waals surface area contributed by atoms with E-state index in [-0.39, 0.29) is 18.4 Å². The lowest BCUT2D eigenvalue weighted by Crippen LogP contribution is -2.49. The summed E-state index contributed by atoms with van der Waals surface area (Å²) in [5, 5.41) is 8.83. The first kappa shape index (κ1) is 18.1. The Morgan fingerprint density at radius 3 is 2.65 bits per heavy atom. The number of aliphatic carboxylic acids is 1. The fourth-order valence-electron chi connectivity index (χ4n) is 2.58. The summed E-state index contributed by atoms with van der Waals surface area (Å²) in [6.45, 7) is 1.39. The van der Waals surface area contributed by atoms with E-state index in [1.54, 1.807) is 6.07 Å². The van der Waals surface area contributed by atoms with Crippen molar-refractivity contribution in [1.29, 1.82) is 0 Å². The summed E-state index contributed by atoms with van der Waals surface area (Å²) in [5.41, 5.74) is 0.320. The van der Waals surface area contributed by atoms with Gasteiger partial charge in [-0.15, -0.1) is 0 Å². The summed E-state index contributed by atoms with van der Waals surface area (Å²) in [5.74, 6) is -0.929. The van der Waals surface area contributed by atoms with E-state index in [4.69, 9.17) is 9.84 Å². The van der Waals surface area contributed by atoms with Crippen molar-refractivity contribution in [2.75, 3.05) is 13.1 Å². The van der Waals surface area contributed by atoms with E-state index in [0.29, 0.717) is 30.9 Å². The van der Waals surface area contributed by atoms with Gasteiger partial charge >= 0.3 is 12.1 Å². The minimum atomic E-state index is -4.39. The minimum absolute atomic E-state index is 0.0512. The van der Waals surface area contributed by atoms with Crippen molar-refractivity contribution >= 4 is 5.97 Å². The summed E-state index contributed by atoms with van der Waals surface area (Å²) in [6.07, 6.45) is -1.49. The summed E-state index contributed by atoms with van der Waals surface area (Å²) < 4.78 is 43.4. The number of ether oxygens (including phenoxy) is 1. The average molecular weight is 367 g/mol. The first-order valence-electron chi connectivity index (χ1n) is 7.86. The Morgan fingerprint density at radius 1 is 1.27 bits per heavy atom. The number of rotatable bonds is 6. The van der Waals surface area contributed by atoms with Crippen LogP contribution in [-0.2, 0) is 24.1 Å². The molecule has 1 aliphatic heterocycles. The standard InChI is InChI=1S/C17H16F3N3O3/c18-17(19,20)13-3-1-2-11(4-13)10-26-15-6-21-14(5-22-15)9-23-7-12(8-23)16(24)25/h1-6,12H,7-10H2,(H,24,25). The number of nitrogens with zero attached hydrogens (tertiary/aromatic N) is 3. The van der Waals surface area contributed by atoms with E-state index in [0.717, 1.165) is 12.1 Å². The third kappa shape index (κ3) is 4.48. The first-order valence-corrected chi connectivity index (χ1v) is 7.86. The molecule has 1 fully saturated rings. The molecule has 2 aromatic rings. The van der Waals surface area contributed by atoms with Crippen LogP contribution in [0.2, 0.25) is 0 Å². The highest BCUT2D eigenvalue weighted by Gasteiger charge is 2.32. The number of carbonyl (C=O) groups is 1. The number of aromatic nitrogens is 2. The predicted molar refractivity (Wildman–Crippen MR) is 84.2 cm³/mol. The van der Waals surface area contributed by atoms with Crippen molar-refractivity contribution in [3.63, 3.8) is 0 Å². The number of carboxylic acid groups (broad SMARTS) is 1. The van der Waals surface area contributed by atoms with E-state index in [1.165, 1.54) is 18.5 Å². The molecule has 0 spiro atoms. The fourth-order valence-corrected chi connectivity index (χ4v) is 2.58. The molecule has 1 aromatic heterocycles. The molecule has 0 atom stereocenters. The van der Waals surface area contributed by atoms with Gasteiger partial charge in [0.25, 0.3) is 0 Å². The Morgan fingerprint density at radius 2 is 2.04 bits per heavy atom. The maximum atomic E-state index is 12.7. The quantitative estimate of drug-likeness (QED) is 0.846. The van der Waals surface area contributed by atoms with Gasteiger partial charge in [-0.05, 0) is 17.7 Å². The van der Waals surface area contributed by atoms with Gasteiger partial charge in [-0.2, -0.15) is 13.2 Å². The molecule has 0 unspecified atom stereocenters. The third-order valence-corrected chi connectivity index (χ3v) is 4.01. The van der Waals surface area contributed by atoms with Gasteiger partial charge in [0.15, 0.2) is 0 Å². The van der Waals surface area contributed by atoms with Crippen molar-refractivity contribution in [1.82, 2.24) is 14.9 Å². The van der Waals surface area contributed by atoms with Crippen LogP contribution in [0.5, 0.6) is 5.88 Å². The fraction of sp³-hybridized carbons (Fsp3) is 0.353. The maximum absolute atomic E-state index is 12.7. The number of carboxylic acids is 1. The second kappa shape index (κ2) is 7.28. The molecule has 1 saturated heterocycles.